The Kier molecular flexibility index (Phi) is 4.71. The van der Waals surface area contributed by atoms with Gasteiger partial charge in [0, 0.05) is 20.8 Å². The fourth-order valence-electron chi connectivity index (χ4n) is 1.03. The first kappa shape index (κ1) is 12.9. The number of carbonyl (C=O) groups is 1. The van der Waals surface area contributed by atoms with E-state index in [9.17, 15) is 4.79 Å². The number of hydrogen-bond donors (Lipinski definition) is 1. The van der Waals surface area contributed by atoms with E-state index in [1.807, 2.05) is 31.4 Å². The van der Waals surface area contributed by atoms with Gasteiger partial charge in [-0.05, 0) is 41.9 Å². The second-order valence-corrected chi connectivity index (χ2v) is 5.32. The Morgan fingerprint density at radius 3 is 2.81 bits per heavy atom. The summed E-state index contributed by atoms with van der Waals surface area (Å²) in [4.78, 5) is 12.5. The van der Waals surface area contributed by atoms with Crippen LogP contribution in [0.1, 0.15) is 18.7 Å². The molecular weight excluding hydrogens is 288 g/mol. The van der Waals surface area contributed by atoms with Crippen molar-refractivity contribution in [3.8, 4) is 6.07 Å². The number of nitrogens with zero attached hydrogens (tertiary/aromatic N) is 1. The number of halogens is 1. The molecule has 0 aliphatic heterocycles. The van der Waals surface area contributed by atoms with Crippen LogP contribution in [-0.2, 0) is 4.79 Å². The molecule has 0 aliphatic rings. The molecule has 1 aromatic heterocycles. The molecule has 0 bridgehead atoms. The molecule has 16 heavy (non-hydrogen) atoms. The fraction of sp³-hybridized carbons (Fsp3) is 0.273. The normalized spacial score (nSPS) is 11.3. The van der Waals surface area contributed by atoms with Gasteiger partial charge in [0.05, 0.1) is 0 Å². The third-order valence-corrected chi connectivity index (χ3v) is 3.30. The van der Waals surface area contributed by atoms with Crippen molar-refractivity contribution in [2.75, 3.05) is 0 Å². The van der Waals surface area contributed by atoms with Gasteiger partial charge in [-0.1, -0.05) is 0 Å². The van der Waals surface area contributed by atoms with Crippen LogP contribution in [0.5, 0.6) is 0 Å². The van der Waals surface area contributed by atoms with Gasteiger partial charge in [0.25, 0.3) is 5.91 Å². The van der Waals surface area contributed by atoms with Crippen LogP contribution >= 0.6 is 27.3 Å². The lowest BCUT2D eigenvalue weighted by molar-refractivity contribution is -0.117. The summed E-state index contributed by atoms with van der Waals surface area (Å²) in [6.45, 7) is 3.71. The van der Waals surface area contributed by atoms with E-state index in [4.69, 9.17) is 5.26 Å². The van der Waals surface area contributed by atoms with Gasteiger partial charge in [0.15, 0.2) is 0 Å². The van der Waals surface area contributed by atoms with Crippen LogP contribution in [0.2, 0.25) is 0 Å². The Morgan fingerprint density at radius 2 is 2.38 bits per heavy atom. The zero-order chi connectivity index (χ0) is 12.1. The highest BCUT2D eigenvalue weighted by atomic mass is 79.9. The molecule has 0 fully saturated rings. The molecule has 1 rings (SSSR count). The number of nitrogens with one attached hydrogen (secondary N) is 1. The van der Waals surface area contributed by atoms with Gasteiger partial charge in [0.1, 0.15) is 11.6 Å². The van der Waals surface area contributed by atoms with Crippen molar-refractivity contribution in [1.29, 1.82) is 5.26 Å². The molecule has 3 nitrogen and oxygen atoms in total. The average molecular weight is 299 g/mol. The standard InChI is InChI=1S/C11H11BrN2OS/c1-7(2)14-11(15)8(5-13)3-10-4-9(12)6-16-10/h3-4,6-7H,1-2H3,(H,14,15)/b8-3+. The van der Waals surface area contributed by atoms with Crippen LogP contribution in [0, 0.1) is 11.3 Å². The molecule has 5 heteroatoms. The molecule has 1 heterocycles. The Labute approximate surface area is 107 Å². The summed E-state index contributed by atoms with van der Waals surface area (Å²) >= 11 is 4.79. The van der Waals surface area contributed by atoms with E-state index in [0.717, 1.165) is 9.35 Å². The van der Waals surface area contributed by atoms with Crippen molar-refractivity contribution in [2.45, 2.75) is 19.9 Å². The summed E-state index contributed by atoms with van der Waals surface area (Å²) in [6, 6.07) is 3.80. The first-order chi connectivity index (χ1) is 7.52. The van der Waals surface area contributed by atoms with Crippen LogP contribution in [0.25, 0.3) is 6.08 Å². The number of amides is 1. The molecule has 0 unspecified atom stereocenters. The highest BCUT2D eigenvalue weighted by Gasteiger charge is 2.10. The van der Waals surface area contributed by atoms with Crippen molar-refractivity contribution in [2.24, 2.45) is 0 Å². The third-order valence-electron chi connectivity index (χ3n) is 1.66. The maximum Gasteiger partial charge on any atom is 0.262 e. The maximum absolute atomic E-state index is 11.6. The summed E-state index contributed by atoms with van der Waals surface area (Å²) in [5.74, 6) is -0.331. The highest BCUT2D eigenvalue weighted by Crippen LogP contribution is 2.21. The highest BCUT2D eigenvalue weighted by molar-refractivity contribution is 9.10. The monoisotopic (exact) mass is 298 g/mol. The molecule has 0 aliphatic carbocycles. The summed E-state index contributed by atoms with van der Waals surface area (Å²) in [5, 5.41) is 13.5. The maximum atomic E-state index is 11.6. The zero-order valence-electron chi connectivity index (χ0n) is 8.95. The molecule has 0 spiro atoms. The van der Waals surface area contributed by atoms with Crippen molar-refractivity contribution in [3.63, 3.8) is 0 Å². The summed E-state index contributed by atoms with van der Waals surface area (Å²) in [7, 11) is 0. The van der Waals surface area contributed by atoms with Gasteiger partial charge < -0.3 is 5.32 Å². The van der Waals surface area contributed by atoms with Gasteiger partial charge in [-0.2, -0.15) is 5.26 Å². The van der Waals surface area contributed by atoms with Crippen molar-refractivity contribution < 1.29 is 4.79 Å². The number of carbonyl (C=O) groups excluding carboxylic acids is 1. The second-order valence-electron chi connectivity index (χ2n) is 3.47. The predicted octanol–water partition coefficient (Wildman–Crippen LogP) is 2.94. The lowest BCUT2D eigenvalue weighted by Gasteiger charge is -2.06. The lowest BCUT2D eigenvalue weighted by Crippen LogP contribution is -2.30. The Hall–Kier alpha value is -1.12. The molecular formula is C11H11BrN2OS. The van der Waals surface area contributed by atoms with Crippen LogP contribution in [0.15, 0.2) is 21.5 Å². The second kappa shape index (κ2) is 5.83. The molecule has 84 valence electrons. The van der Waals surface area contributed by atoms with E-state index in [1.54, 1.807) is 6.08 Å². The molecule has 0 radical (unpaired) electrons. The van der Waals surface area contributed by atoms with Crippen LogP contribution in [-0.4, -0.2) is 11.9 Å². The first-order valence-electron chi connectivity index (χ1n) is 4.69. The predicted molar refractivity (Wildman–Crippen MR) is 68.9 cm³/mol. The summed E-state index contributed by atoms with van der Waals surface area (Å²) < 4.78 is 0.949. The summed E-state index contributed by atoms with van der Waals surface area (Å²) in [6.07, 6.45) is 1.59. The molecule has 0 aromatic carbocycles. The van der Waals surface area contributed by atoms with Gasteiger partial charge in [-0.3, -0.25) is 4.79 Å². The fourth-order valence-corrected chi connectivity index (χ4v) is 2.41. The Balaban J connectivity index is 2.87. The zero-order valence-corrected chi connectivity index (χ0v) is 11.4. The number of nitriles is 1. The minimum atomic E-state index is -0.331. The minimum absolute atomic E-state index is 0.0271. The molecule has 1 aromatic rings. The van der Waals surface area contributed by atoms with E-state index in [1.165, 1.54) is 11.3 Å². The SMILES string of the molecule is CC(C)NC(=O)/C(C#N)=C/c1cc(Br)cs1. The molecule has 0 atom stereocenters. The van der Waals surface area contributed by atoms with Crippen LogP contribution < -0.4 is 5.32 Å². The lowest BCUT2D eigenvalue weighted by atomic mass is 10.2. The molecule has 0 saturated carbocycles. The van der Waals surface area contributed by atoms with Crippen molar-refractivity contribution in [1.82, 2.24) is 5.32 Å². The van der Waals surface area contributed by atoms with Gasteiger partial charge in [-0.15, -0.1) is 11.3 Å². The third kappa shape index (κ3) is 3.80. The minimum Gasteiger partial charge on any atom is -0.349 e. The Morgan fingerprint density at radius 1 is 1.69 bits per heavy atom. The van der Waals surface area contributed by atoms with Gasteiger partial charge in [0.2, 0.25) is 0 Å². The van der Waals surface area contributed by atoms with E-state index in [-0.39, 0.29) is 17.5 Å². The van der Waals surface area contributed by atoms with E-state index >= 15 is 0 Å². The molecule has 0 saturated heterocycles. The van der Waals surface area contributed by atoms with E-state index < -0.39 is 0 Å². The van der Waals surface area contributed by atoms with Gasteiger partial charge in [-0.25, -0.2) is 0 Å². The largest absolute Gasteiger partial charge is 0.349 e. The van der Waals surface area contributed by atoms with E-state index in [0.29, 0.717) is 0 Å². The van der Waals surface area contributed by atoms with Gasteiger partial charge >= 0.3 is 0 Å². The summed E-state index contributed by atoms with van der Waals surface area (Å²) in [5.41, 5.74) is 0.128. The van der Waals surface area contributed by atoms with E-state index in [2.05, 4.69) is 21.2 Å². The number of rotatable bonds is 3. The van der Waals surface area contributed by atoms with Crippen molar-refractivity contribution in [3.05, 3.63) is 26.4 Å². The van der Waals surface area contributed by atoms with Crippen molar-refractivity contribution >= 4 is 39.2 Å². The topological polar surface area (TPSA) is 52.9 Å². The van der Waals surface area contributed by atoms with Crippen LogP contribution in [0.3, 0.4) is 0 Å². The number of hydrogen-bond acceptors (Lipinski definition) is 3. The first-order valence-corrected chi connectivity index (χ1v) is 6.37. The quantitative estimate of drug-likeness (QED) is 0.689. The number of thiophene rings is 1. The Bertz CT molecular complexity index is 457. The van der Waals surface area contributed by atoms with Crippen LogP contribution in [0.4, 0.5) is 0 Å². The molecule has 1 N–H and O–H groups in total. The molecule has 1 amide bonds. The smallest absolute Gasteiger partial charge is 0.262 e. The average Bonchev–Trinajstić information content (AvgIpc) is 2.59.